The maximum Gasteiger partial charge on any atom is 0.126 e. The molecule has 0 bridgehead atoms. The first-order valence-electron chi connectivity index (χ1n) is 9.12. The number of nitrogens with two attached hydrogens (primary N) is 1. The molecule has 136 valence electrons. The number of allylic oxidation sites excluding steroid dienone is 2. The first-order valence-corrected chi connectivity index (χ1v) is 10.00. The third kappa shape index (κ3) is 4.18. The number of para-hydroxylation sites is 1. The fourth-order valence-electron chi connectivity index (χ4n) is 3.91. The smallest absolute Gasteiger partial charge is 0.126 e. The molecular formula is C21H35NOS. The van der Waals surface area contributed by atoms with Gasteiger partial charge in [-0.1, -0.05) is 63.9 Å². The van der Waals surface area contributed by atoms with Crippen LogP contribution in [0.5, 0.6) is 5.75 Å². The van der Waals surface area contributed by atoms with Crippen LogP contribution in [-0.4, -0.2) is 5.60 Å². The Balaban J connectivity index is 0.000000309. The van der Waals surface area contributed by atoms with E-state index in [9.17, 15) is 0 Å². The third-order valence-corrected chi connectivity index (χ3v) is 5.92. The van der Waals surface area contributed by atoms with Gasteiger partial charge in [-0.3, -0.25) is 5.14 Å². The molecule has 1 unspecified atom stereocenters. The fourth-order valence-corrected chi connectivity index (χ4v) is 4.05. The Hall–Kier alpha value is -0.930. The molecule has 0 spiro atoms. The molecule has 1 aromatic carbocycles. The van der Waals surface area contributed by atoms with Crippen LogP contribution in [0.4, 0.5) is 0 Å². The van der Waals surface area contributed by atoms with Crippen LogP contribution in [0.2, 0.25) is 0 Å². The standard InChI is InChI=1S/C15H20O.C4H9NS.C2H6/c1-9-6-5-7-12-13-11(3)10(2)8-15(13,4)16-14(9)12;1-3-4(2)6-5;1-2/h5-7,10-11,13H,8H2,1-4H3;3H,5H2,1-2H3;1-2H3/b;4-3+;/t10-,11-,13-,15?;;/m0../s1. The molecule has 0 aromatic heterocycles. The highest BCUT2D eigenvalue weighted by atomic mass is 32.2. The maximum atomic E-state index is 6.29. The molecule has 0 saturated heterocycles. The molecule has 2 N–H and O–H groups in total. The van der Waals surface area contributed by atoms with E-state index in [1.807, 2.05) is 33.8 Å². The molecule has 2 aliphatic rings. The highest BCUT2D eigenvalue weighted by Crippen LogP contribution is 2.58. The molecule has 3 rings (SSSR count). The molecular weight excluding hydrogens is 314 g/mol. The summed E-state index contributed by atoms with van der Waals surface area (Å²) in [7, 11) is 0. The Morgan fingerprint density at radius 1 is 1.33 bits per heavy atom. The fraction of sp³-hybridized carbons (Fsp3) is 0.619. The van der Waals surface area contributed by atoms with Crippen LogP contribution < -0.4 is 9.88 Å². The Bertz CT molecular complexity index is 569. The Morgan fingerprint density at radius 2 is 1.96 bits per heavy atom. The number of aryl methyl sites for hydroxylation is 1. The first-order chi connectivity index (χ1) is 11.3. The van der Waals surface area contributed by atoms with Gasteiger partial charge in [-0.2, -0.15) is 0 Å². The van der Waals surface area contributed by atoms with E-state index in [0.29, 0.717) is 5.92 Å². The van der Waals surface area contributed by atoms with Crippen molar-refractivity contribution in [2.45, 2.75) is 73.3 Å². The van der Waals surface area contributed by atoms with E-state index in [1.54, 1.807) is 0 Å². The SMILES string of the molecule is C/C=C(\C)SN.CC.Cc1cccc2c1OC1(C)C[C@H](C)[C@H](C)[C@@H]21. The van der Waals surface area contributed by atoms with Crippen LogP contribution >= 0.6 is 11.9 Å². The molecule has 1 aromatic rings. The molecule has 3 heteroatoms. The zero-order valence-electron chi connectivity index (χ0n) is 16.6. The van der Waals surface area contributed by atoms with Gasteiger partial charge in [0, 0.05) is 11.5 Å². The van der Waals surface area contributed by atoms with Gasteiger partial charge in [-0.05, 0) is 56.4 Å². The lowest BCUT2D eigenvalue weighted by atomic mass is 9.82. The minimum absolute atomic E-state index is 0.0489. The maximum absolute atomic E-state index is 6.29. The van der Waals surface area contributed by atoms with Crippen molar-refractivity contribution < 1.29 is 4.74 Å². The molecule has 1 saturated carbocycles. The first kappa shape index (κ1) is 21.1. The van der Waals surface area contributed by atoms with Crippen molar-refractivity contribution >= 4 is 11.9 Å². The topological polar surface area (TPSA) is 35.2 Å². The number of hydrogen-bond donors (Lipinski definition) is 1. The number of rotatable bonds is 1. The second-order valence-electron chi connectivity index (χ2n) is 6.94. The lowest BCUT2D eigenvalue weighted by Gasteiger charge is -2.24. The Morgan fingerprint density at radius 3 is 2.46 bits per heavy atom. The second-order valence-corrected chi connectivity index (χ2v) is 7.82. The van der Waals surface area contributed by atoms with E-state index in [-0.39, 0.29) is 5.60 Å². The summed E-state index contributed by atoms with van der Waals surface area (Å²) >= 11 is 1.29. The quantitative estimate of drug-likeness (QED) is 0.592. The monoisotopic (exact) mass is 349 g/mol. The summed E-state index contributed by atoms with van der Waals surface area (Å²) in [5, 5.41) is 5.13. The van der Waals surface area contributed by atoms with Gasteiger partial charge in [0.2, 0.25) is 0 Å². The van der Waals surface area contributed by atoms with Crippen LogP contribution in [0.1, 0.15) is 71.9 Å². The average molecular weight is 350 g/mol. The highest BCUT2D eigenvalue weighted by Gasteiger charge is 2.54. The molecule has 0 radical (unpaired) electrons. The van der Waals surface area contributed by atoms with E-state index in [2.05, 4.69) is 45.9 Å². The minimum atomic E-state index is 0.0489. The number of hydrogen-bond acceptors (Lipinski definition) is 3. The summed E-state index contributed by atoms with van der Waals surface area (Å²) in [6, 6.07) is 6.57. The number of ether oxygens (including phenoxy) is 1. The zero-order valence-corrected chi connectivity index (χ0v) is 17.5. The van der Waals surface area contributed by atoms with Gasteiger partial charge in [0.25, 0.3) is 0 Å². The highest BCUT2D eigenvalue weighted by molar-refractivity contribution is 8.00. The normalized spacial score (nSPS) is 30.2. The van der Waals surface area contributed by atoms with Crippen LogP contribution in [0.15, 0.2) is 29.2 Å². The summed E-state index contributed by atoms with van der Waals surface area (Å²) < 4.78 is 6.29. The van der Waals surface area contributed by atoms with Crippen LogP contribution in [0.25, 0.3) is 0 Å². The number of benzene rings is 1. The second kappa shape index (κ2) is 8.96. The van der Waals surface area contributed by atoms with Crippen LogP contribution in [0, 0.1) is 18.8 Å². The number of fused-ring (bicyclic) bond motifs is 3. The molecule has 1 fully saturated rings. The predicted octanol–water partition coefficient (Wildman–Crippen LogP) is 6.45. The van der Waals surface area contributed by atoms with Gasteiger partial charge < -0.3 is 4.74 Å². The van der Waals surface area contributed by atoms with Gasteiger partial charge in [-0.25, -0.2) is 0 Å². The van der Waals surface area contributed by atoms with Gasteiger partial charge in [0.05, 0.1) is 0 Å². The van der Waals surface area contributed by atoms with E-state index in [1.165, 1.54) is 29.5 Å². The lowest BCUT2D eigenvalue weighted by Crippen LogP contribution is -2.30. The molecule has 24 heavy (non-hydrogen) atoms. The average Bonchev–Trinajstić information content (AvgIpc) is 3.00. The molecule has 2 nitrogen and oxygen atoms in total. The van der Waals surface area contributed by atoms with E-state index >= 15 is 0 Å². The molecule has 4 atom stereocenters. The van der Waals surface area contributed by atoms with E-state index in [0.717, 1.165) is 22.5 Å². The van der Waals surface area contributed by atoms with Crippen molar-refractivity contribution in [3.63, 3.8) is 0 Å². The third-order valence-electron chi connectivity index (χ3n) is 5.31. The van der Waals surface area contributed by atoms with Crippen molar-refractivity contribution in [1.29, 1.82) is 0 Å². The summed E-state index contributed by atoms with van der Waals surface area (Å²) in [5.41, 5.74) is 2.78. The summed E-state index contributed by atoms with van der Waals surface area (Å²) in [6.07, 6.45) is 3.16. The Kier molecular flexibility index (Phi) is 7.88. The van der Waals surface area contributed by atoms with Gasteiger partial charge in [0.15, 0.2) is 0 Å². The minimum Gasteiger partial charge on any atom is -0.486 e. The predicted molar refractivity (Wildman–Crippen MR) is 108 cm³/mol. The largest absolute Gasteiger partial charge is 0.486 e. The summed E-state index contributed by atoms with van der Waals surface area (Å²) in [5.74, 6) is 3.25. The lowest BCUT2D eigenvalue weighted by molar-refractivity contribution is 0.0999. The molecule has 1 aliphatic heterocycles. The van der Waals surface area contributed by atoms with Crippen molar-refractivity contribution in [2.75, 3.05) is 0 Å². The van der Waals surface area contributed by atoms with Crippen LogP contribution in [-0.2, 0) is 0 Å². The summed E-state index contributed by atoms with van der Waals surface area (Å²) in [6.45, 7) is 17.1. The molecule has 1 heterocycles. The van der Waals surface area contributed by atoms with E-state index in [4.69, 9.17) is 9.88 Å². The molecule has 0 amide bonds. The van der Waals surface area contributed by atoms with Gasteiger partial charge >= 0.3 is 0 Å². The van der Waals surface area contributed by atoms with Gasteiger partial charge in [-0.15, -0.1) is 0 Å². The van der Waals surface area contributed by atoms with Crippen molar-refractivity contribution in [2.24, 2.45) is 17.0 Å². The molecule has 1 aliphatic carbocycles. The van der Waals surface area contributed by atoms with Crippen molar-refractivity contribution in [3.8, 4) is 5.75 Å². The zero-order chi connectivity index (χ0) is 18.5. The summed E-state index contributed by atoms with van der Waals surface area (Å²) in [4.78, 5) is 1.16. The van der Waals surface area contributed by atoms with Crippen LogP contribution in [0.3, 0.4) is 0 Å². The van der Waals surface area contributed by atoms with Crippen molar-refractivity contribution in [1.82, 2.24) is 0 Å². The van der Waals surface area contributed by atoms with Gasteiger partial charge in [0.1, 0.15) is 11.4 Å². The van der Waals surface area contributed by atoms with E-state index < -0.39 is 0 Å². The Labute approximate surface area is 153 Å². The van der Waals surface area contributed by atoms with Crippen molar-refractivity contribution in [3.05, 3.63) is 40.3 Å².